The van der Waals surface area contributed by atoms with E-state index in [2.05, 4.69) is 25.9 Å². The molecule has 0 bridgehead atoms. The minimum absolute atomic E-state index is 0.281. The van der Waals surface area contributed by atoms with Crippen LogP contribution in [0.5, 0.6) is 0 Å². The van der Waals surface area contributed by atoms with Crippen LogP contribution in [0.25, 0.3) is 0 Å². The standard InChI is InChI=1S/C15H16N6O4S2/c1-15(2)9(10-17-19-20-18-10)21-12(23)8(13(21)27-15)16-11(22)7(14(24)25)6-4-3-5-26-6/h3-5,7-9,13H,1-2H3,(H,16,22)(H,24,25)(H,17,18,19,20). The Kier molecular flexibility index (Phi) is 4.18. The molecule has 2 saturated heterocycles. The van der Waals surface area contributed by atoms with E-state index < -0.39 is 23.8 Å². The maximum Gasteiger partial charge on any atom is 0.321 e. The van der Waals surface area contributed by atoms with E-state index in [0.717, 1.165) is 0 Å². The predicted molar refractivity (Wildman–Crippen MR) is 95.8 cm³/mol. The number of β-lactam (4-membered cyclic amide) rings is 1. The van der Waals surface area contributed by atoms with Gasteiger partial charge in [0, 0.05) is 9.62 Å². The number of thioether (sulfide) groups is 1. The number of hydrogen-bond donors (Lipinski definition) is 3. The summed E-state index contributed by atoms with van der Waals surface area (Å²) in [4.78, 5) is 38.9. The average Bonchev–Trinajstić information content (AvgIpc) is 3.32. The molecular weight excluding hydrogens is 392 g/mol. The number of rotatable bonds is 5. The third-order valence-corrected chi connectivity index (χ3v) is 7.19. The van der Waals surface area contributed by atoms with E-state index in [1.165, 1.54) is 23.1 Å². The molecule has 2 aliphatic rings. The molecule has 0 aliphatic carbocycles. The fourth-order valence-corrected chi connectivity index (χ4v) is 5.95. The van der Waals surface area contributed by atoms with Gasteiger partial charge in [-0.1, -0.05) is 11.3 Å². The van der Waals surface area contributed by atoms with Gasteiger partial charge in [0.1, 0.15) is 17.5 Å². The molecule has 2 fully saturated rings. The highest BCUT2D eigenvalue weighted by Gasteiger charge is 2.63. The van der Waals surface area contributed by atoms with Crippen LogP contribution >= 0.6 is 23.1 Å². The number of aromatic nitrogens is 4. The van der Waals surface area contributed by atoms with E-state index in [1.54, 1.807) is 22.4 Å². The number of hydrogen-bond acceptors (Lipinski definition) is 8. The fraction of sp³-hybridized carbons (Fsp3) is 0.467. The van der Waals surface area contributed by atoms with Crippen LogP contribution in [0, 0.1) is 0 Å². The van der Waals surface area contributed by atoms with Gasteiger partial charge >= 0.3 is 5.97 Å². The van der Waals surface area contributed by atoms with Gasteiger partial charge in [0.2, 0.25) is 11.8 Å². The largest absolute Gasteiger partial charge is 0.480 e. The summed E-state index contributed by atoms with van der Waals surface area (Å²) in [5, 5.41) is 27.4. The summed E-state index contributed by atoms with van der Waals surface area (Å²) < 4.78 is -0.385. The van der Waals surface area contributed by atoms with E-state index in [0.29, 0.717) is 10.7 Å². The normalized spacial score (nSPS) is 27.0. The van der Waals surface area contributed by atoms with Crippen LogP contribution in [-0.4, -0.2) is 64.6 Å². The van der Waals surface area contributed by atoms with Crippen LogP contribution in [0.4, 0.5) is 0 Å². The van der Waals surface area contributed by atoms with E-state index in [4.69, 9.17) is 0 Å². The third kappa shape index (κ3) is 2.79. The third-order valence-electron chi connectivity index (χ3n) is 4.68. The smallest absolute Gasteiger partial charge is 0.321 e. The zero-order valence-corrected chi connectivity index (χ0v) is 16.0. The molecule has 0 aromatic carbocycles. The monoisotopic (exact) mass is 408 g/mol. The van der Waals surface area contributed by atoms with Gasteiger partial charge in [0.05, 0.1) is 0 Å². The molecule has 0 saturated carbocycles. The Labute approximate surface area is 161 Å². The summed E-state index contributed by atoms with van der Waals surface area (Å²) in [5.74, 6) is -3.14. The second kappa shape index (κ2) is 6.30. The van der Waals surface area contributed by atoms with Gasteiger partial charge in [-0.25, -0.2) is 0 Å². The number of aliphatic carboxylic acids is 1. The lowest BCUT2D eigenvalue weighted by Crippen LogP contribution is -2.68. The molecule has 2 aromatic heterocycles. The highest BCUT2D eigenvalue weighted by Crippen LogP contribution is 2.56. The lowest BCUT2D eigenvalue weighted by atomic mass is 9.95. The number of fused-ring (bicyclic) bond motifs is 1. The van der Waals surface area contributed by atoms with Crippen molar-refractivity contribution in [3.63, 3.8) is 0 Å². The van der Waals surface area contributed by atoms with Crippen LogP contribution in [0.3, 0.4) is 0 Å². The zero-order chi connectivity index (χ0) is 19.3. The molecule has 4 unspecified atom stereocenters. The first-order chi connectivity index (χ1) is 12.8. The molecule has 2 amide bonds. The molecule has 4 atom stereocenters. The van der Waals surface area contributed by atoms with Crippen LogP contribution in [0.1, 0.15) is 36.5 Å². The van der Waals surface area contributed by atoms with E-state index in [1.807, 2.05) is 13.8 Å². The van der Waals surface area contributed by atoms with Crippen molar-refractivity contribution in [1.29, 1.82) is 0 Å². The molecule has 2 aromatic rings. The van der Waals surface area contributed by atoms with Gasteiger partial charge in [-0.3, -0.25) is 14.4 Å². The first kappa shape index (κ1) is 17.9. The molecule has 4 rings (SSSR count). The number of carboxylic acid groups (broad SMARTS) is 1. The minimum Gasteiger partial charge on any atom is -0.480 e. The van der Waals surface area contributed by atoms with Gasteiger partial charge in [-0.2, -0.15) is 5.21 Å². The number of carbonyl (C=O) groups excluding carboxylic acids is 2. The molecule has 3 N–H and O–H groups in total. The van der Waals surface area contributed by atoms with Crippen molar-refractivity contribution in [1.82, 2.24) is 30.8 Å². The number of tetrazole rings is 1. The maximum absolute atomic E-state index is 12.7. The number of H-pyrrole nitrogens is 1. The van der Waals surface area contributed by atoms with Crippen LogP contribution < -0.4 is 5.32 Å². The summed E-state index contributed by atoms with van der Waals surface area (Å²) in [5.41, 5.74) is 0. The summed E-state index contributed by atoms with van der Waals surface area (Å²) in [6.07, 6.45) is 0. The van der Waals surface area contributed by atoms with Crippen LogP contribution in [0.2, 0.25) is 0 Å². The first-order valence-corrected chi connectivity index (χ1v) is 9.87. The van der Waals surface area contributed by atoms with Gasteiger partial charge in [0.15, 0.2) is 11.7 Å². The average molecular weight is 408 g/mol. The molecule has 0 radical (unpaired) electrons. The topological polar surface area (TPSA) is 141 Å². The summed E-state index contributed by atoms with van der Waals surface area (Å²) >= 11 is 2.71. The number of carbonyl (C=O) groups is 3. The van der Waals surface area contributed by atoms with Gasteiger partial charge in [-0.05, 0) is 25.3 Å². The Balaban J connectivity index is 1.53. The van der Waals surface area contributed by atoms with Crippen molar-refractivity contribution >= 4 is 40.9 Å². The number of amides is 2. The van der Waals surface area contributed by atoms with Gasteiger partial charge in [-0.15, -0.1) is 33.3 Å². The Morgan fingerprint density at radius 3 is 2.81 bits per heavy atom. The number of nitrogens with one attached hydrogen (secondary N) is 2. The number of aromatic amines is 1. The summed E-state index contributed by atoms with van der Waals surface area (Å²) in [6.45, 7) is 3.93. The summed E-state index contributed by atoms with van der Waals surface area (Å²) in [6, 6.07) is 2.13. The van der Waals surface area contributed by atoms with Gasteiger partial charge < -0.3 is 15.3 Å². The van der Waals surface area contributed by atoms with E-state index in [9.17, 15) is 19.5 Å². The number of thiophene rings is 1. The van der Waals surface area contributed by atoms with Crippen molar-refractivity contribution in [2.24, 2.45) is 0 Å². The maximum atomic E-state index is 12.7. The lowest BCUT2D eigenvalue weighted by Gasteiger charge is -2.44. The van der Waals surface area contributed by atoms with Crippen LogP contribution in [0.15, 0.2) is 17.5 Å². The molecule has 12 heteroatoms. The Morgan fingerprint density at radius 1 is 1.44 bits per heavy atom. The lowest BCUT2D eigenvalue weighted by molar-refractivity contribution is -0.153. The first-order valence-electron chi connectivity index (χ1n) is 8.11. The quantitative estimate of drug-likeness (QED) is 0.475. The summed E-state index contributed by atoms with van der Waals surface area (Å²) in [7, 11) is 0. The fourth-order valence-electron chi connectivity index (χ4n) is 3.50. The molecular formula is C15H16N6O4S2. The number of carboxylic acids is 1. The molecule has 0 spiro atoms. The van der Waals surface area contributed by atoms with E-state index >= 15 is 0 Å². The van der Waals surface area contributed by atoms with Crippen molar-refractivity contribution in [2.45, 2.75) is 42.0 Å². The van der Waals surface area contributed by atoms with Crippen LogP contribution in [-0.2, 0) is 14.4 Å². The Hall–Kier alpha value is -2.47. The Bertz CT molecular complexity index is 884. The van der Waals surface area contributed by atoms with Gasteiger partial charge in [0.25, 0.3) is 0 Å². The molecule has 142 valence electrons. The molecule has 27 heavy (non-hydrogen) atoms. The van der Waals surface area contributed by atoms with Crippen molar-refractivity contribution in [3.8, 4) is 0 Å². The SMILES string of the molecule is CC1(C)SC2C(NC(=O)C(C(=O)O)c3cccs3)C(=O)N2C1c1nn[nH]n1. The number of nitrogens with zero attached hydrogens (tertiary/aromatic N) is 4. The minimum atomic E-state index is -1.33. The zero-order valence-electron chi connectivity index (χ0n) is 14.3. The second-order valence-electron chi connectivity index (χ2n) is 6.80. The Morgan fingerprint density at radius 2 is 2.22 bits per heavy atom. The predicted octanol–water partition coefficient (Wildman–Crippen LogP) is 0.349. The van der Waals surface area contributed by atoms with E-state index in [-0.39, 0.29) is 22.1 Å². The highest BCUT2D eigenvalue weighted by atomic mass is 32.2. The van der Waals surface area contributed by atoms with Crippen molar-refractivity contribution in [2.75, 3.05) is 0 Å². The highest BCUT2D eigenvalue weighted by molar-refractivity contribution is 8.01. The molecule has 10 nitrogen and oxygen atoms in total. The van der Waals surface area contributed by atoms with Crippen molar-refractivity contribution < 1.29 is 19.5 Å². The second-order valence-corrected chi connectivity index (χ2v) is 9.55. The molecule has 2 aliphatic heterocycles. The molecule has 4 heterocycles. The van der Waals surface area contributed by atoms with Crippen molar-refractivity contribution in [3.05, 3.63) is 28.2 Å².